The second-order valence-electron chi connectivity index (χ2n) is 8.26. The number of methoxy groups -OCH3 is 1. The zero-order chi connectivity index (χ0) is 23.5. The molecule has 0 unspecified atom stereocenters. The van der Waals surface area contributed by atoms with Crippen LogP contribution in [0.5, 0.6) is 0 Å². The Balaban J connectivity index is 1.75. The normalized spacial score (nSPS) is 17.8. The van der Waals surface area contributed by atoms with E-state index in [-0.39, 0.29) is 24.6 Å². The van der Waals surface area contributed by atoms with Gasteiger partial charge in [0.2, 0.25) is 5.91 Å². The Kier molecular flexibility index (Phi) is 6.55. The summed E-state index contributed by atoms with van der Waals surface area (Å²) in [5.74, 6) is -0.0295. The van der Waals surface area contributed by atoms with Crippen LogP contribution in [-0.2, 0) is 16.1 Å². The average Bonchev–Trinajstić information content (AvgIpc) is 2.83. The van der Waals surface area contributed by atoms with Gasteiger partial charge in [-0.25, -0.2) is 9.78 Å². The molecule has 10 heteroatoms. The maximum absolute atomic E-state index is 13.4. The largest absolute Gasteiger partial charge is 0.404 e. The van der Waals surface area contributed by atoms with E-state index in [1.54, 1.807) is 30.1 Å². The molecule has 1 saturated heterocycles. The number of amides is 3. The van der Waals surface area contributed by atoms with Crippen LogP contribution in [0, 0.1) is 0 Å². The van der Waals surface area contributed by atoms with Gasteiger partial charge in [-0.05, 0) is 25.0 Å². The van der Waals surface area contributed by atoms with Crippen LogP contribution >= 0.6 is 0 Å². The monoisotopic (exact) mass is 451 g/mol. The summed E-state index contributed by atoms with van der Waals surface area (Å²) in [6.45, 7) is 1.68. The summed E-state index contributed by atoms with van der Waals surface area (Å²) in [5, 5.41) is 0. The lowest BCUT2D eigenvalue weighted by Gasteiger charge is -2.43. The SMILES string of the molecule is CN=C/C(=C\N)c1ccc2ncc3c(c2n1)N(C1CCN(C(=O)COC)CC1)C(=O)N(C)C3. The number of ether oxygens (including phenoxy) is 1. The number of carbonyl (C=O) groups excluding carboxylic acids is 2. The molecule has 0 radical (unpaired) electrons. The molecule has 174 valence electrons. The van der Waals surface area contributed by atoms with E-state index in [0.29, 0.717) is 54.8 Å². The predicted molar refractivity (Wildman–Crippen MR) is 127 cm³/mol. The first-order valence-electron chi connectivity index (χ1n) is 10.9. The van der Waals surface area contributed by atoms with Crippen molar-refractivity contribution in [3.05, 3.63) is 35.8 Å². The molecule has 1 fully saturated rings. The maximum atomic E-state index is 13.4. The van der Waals surface area contributed by atoms with E-state index in [1.165, 1.54) is 13.3 Å². The van der Waals surface area contributed by atoms with Crippen LogP contribution in [0.15, 0.2) is 29.5 Å². The minimum absolute atomic E-state index is 0.0295. The number of hydrogen-bond acceptors (Lipinski definition) is 7. The second kappa shape index (κ2) is 9.53. The lowest BCUT2D eigenvalue weighted by atomic mass is 9.99. The molecule has 0 spiro atoms. The third-order valence-corrected chi connectivity index (χ3v) is 6.14. The Morgan fingerprint density at radius 3 is 2.76 bits per heavy atom. The first kappa shape index (κ1) is 22.7. The molecule has 2 aromatic rings. The number of aromatic nitrogens is 2. The molecule has 4 rings (SSSR count). The van der Waals surface area contributed by atoms with Crippen molar-refractivity contribution in [3.63, 3.8) is 0 Å². The molecule has 10 nitrogen and oxygen atoms in total. The number of aliphatic imine (C=N–C) groups is 1. The van der Waals surface area contributed by atoms with Gasteiger partial charge < -0.3 is 20.3 Å². The van der Waals surface area contributed by atoms with E-state index < -0.39 is 0 Å². The van der Waals surface area contributed by atoms with Crippen molar-refractivity contribution in [3.8, 4) is 0 Å². The van der Waals surface area contributed by atoms with Gasteiger partial charge in [-0.2, -0.15) is 0 Å². The summed E-state index contributed by atoms with van der Waals surface area (Å²) in [7, 11) is 4.98. The Morgan fingerprint density at radius 2 is 2.09 bits per heavy atom. The summed E-state index contributed by atoms with van der Waals surface area (Å²) in [5.41, 5.74) is 10.2. The van der Waals surface area contributed by atoms with Crippen molar-refractivity contribution in [2.75, 3.05) is 45.8 Å². The van der Waals surface area contributed by atoms with Gasteiger partial charge in [0.1, 0.15) is 12.1 Å². The summed E-state index contributed by atoms with van der Waals surface area (Å²) in [6, 6.07) is 3.61. The molecule has 0 atom stereocenters. The number of hydrogen-bond donors (Lipinski definition) is 1. The fraction of sp³-hybridized carbons (Fsp3) is 0.435. The lowest BCUT2D eigenvalue weighted by Crippen LogP contribution is -2.54. The van der Waals surface area contributed by atoms with E-state index in [4.69, 9.17) is 15.5 Å². The minimum Gasteiger partial charge on any atom is -0.404 e. The summed E-state index contributed by atoms with van der Waals surface area (Å²) >= 11 is 0. The van der Waals surface area contributed by atoms with Crippen LogP contribution in [0.1, 0.15) is 24.1 Å². The zero-order valence-electron chi connectivity index (χ0n) is 19.2. The number of likely N-dealkylation sites (tertiary alicyclic amines) is 1. The number of allylic oxidation sites excluding steroid dienone is 1. The van der Waals surface area contributed by atoms with Gasteiger partial charge in [-0.15, -0.1) is 0 Å². The molecule has 0 aliphatic carbocycles. The highest BCUT2D eigenvalue weighted by atomic mass is 16.5. The fourth-order valence-corrected chi connectivity index (χ4v) is 4.50. The van der Waals surface area contributed by atoms with Crippen LogP contribution in [-0.4, -0.2) is 84.9 Å². The van der Waals surface area contributed by atoms with Crippen LogP contribution < -0.4 is 10.6 Å². The zero-order valence-corrected chi connectivity index (χ0v) is 19.2. The second-order valence-corrected chi connectivity index (χ2v) is 8.26. The molecule has 33 heavy (non-hydrogen) atoms. The minimum atomic E-state index is -0.0754. The molecular formula is C23H29N7O3. The quantitative estimate of drug-likeness (QED) is 0.691. The van der Waals surface area contributed by atoms with Crippen LogP contribution in [0.3, 0.4) is 0 Å². The van der Waals surface area contributed by atoms with Crippen LogP contribution in [0.2, 0.25) is 0 Å². The lowest BCUT2D eigenvalue weighted by molar-refractivity contribution is -0.136. The third-order valence-electron chi connectivity index (χ3n) is 6.14. The van der Waals surface area contributed by atoms with Crippen LogP contribution in [0.25, 0.3) is 16.6 Å². The number of carbonyl (C=O) groups is 2. The number of anilines is 1. The van der Waals surface area contributed by atoms with E-state index in [9.17, 15) is 9.59 Å². The van der Waals surface area contributed by atoms with Gasteiger partial charge in [-0.3, -0.25) is 19.7 Å². The maximum Gasteiger partial charge on any atom is 0.324 e. The number of nitrogens with two attached hydrogens (primary N) is 1. The molecule has 3 amide bonds. The summed E-state index contributed by atoms with van der Waals surface area (Å²) in [6.07, 6.45) is 6.29. The molecular weight excluding hydrogens is 422 g/mol. The fourth-order valence-electron chi connectivity index (χ4n) is 4.50. The average molecular weight is 452 g/mol. The Morgan fingerprint density at radius 1 is 1.33 bits per heavy atom. The van der Waals surface area contributed by atoms with Crippen molar-refractivity contribution < 1.29 is 14.3 Å². The van der Waals surface area contributed by atoms with E-state index in [1.807, 2.05) is 23.2 Å². The van der Waals surface area contributed by atoms with Crippen molar-refractivity contribution in [1.29, 1.82) is 0 Å². The summed E-state index contributed by atoms with van der Waals surface area (Å²) in [4.78, 5) is 44.4. The summed E-state index contributed by atoms with van der Waals surface area (Å²) < 4.78 is 4.98. The van der Waals surface area contributed by atoms with Gasteiger partial charge in [0.25, 0.3) is 0 Å². The Hall–Kier alpha value is -3.53. The Labute approximate surface area is 192 Å². The van der Waals surface area contributed by atoms with Gasteiger partial charge in [0, 0.05) is 70.1 Å². The highest BCUT2D eigenvalue weighted by Crippen LogP contribution is 2.37. The number of piperidine rings is 1. The predicted octanol–water partition coefficient (Wildman–Crippen LogP) is 1.64. The number of rotatable bonds is 5. The molecule has 0 saturated carbocycles. The van der Waals surface area contributed by atoms with E-state index >= 15 is 0 Å². The number of pyridine rings is 2. The number of fused-ring (bicyclic) bond motifs is 3. The van der Waals surface area contributed by atoms with Gasteiger partial charge >= 0.3 is 6.03 Å². The first-order chi connectivity index (χ1) is 16.0. The third kappa shape index (κ3) is 4.25. The topological polar surface area (TPSA) is 117 Å². The van der Waals surface area contributed by atoms with Gasteiger partial charge in [0.15, 0.2) is 0 Å². The van der Waals surface area contributed by atoms with E-state index in [0.717, 1.165) is 11.3 Å². The molecule has 2 aliphatic heterocycles. The van der Waals surface area contributed by atoms with Gasteiger partial charge in [-0.1, -0.05) is 0 Å². The van der Waals surface area contributed by atoms with Crippen molar-refractivity contribution in [2.24, 2.45) is 10.7 Å². The molecule has 2 aliphatic rings. The molecule has 2 N–H and O–H groups in total. The first-order valence-corrected chi connectivity index (χ1v) is 10.9. The standard InChI is InChI=1S/C23H29N7O3/c1-25-11-15(10-24)18-4-5-19-21(27-18)22-16(12-26-19)13-28(2)23(32)30(22)17-6-8-29(9-7-17)20(31)14-33-3/h4-5,10-12,17H,6-9,13-14,24H2,1-3H3/b15-10+,25-11?. The number of nitrogens with zero attached hydrogens (tertiary/aromatic N) is 6. The number of urea groups is 1. The van der Waals surface area contributed by atoms with Gasteiger partial charge in [0.05, 0.1) is 23.4 Å². The van der Waals surface area contributed by atoms with Crippen molar-refractivity contribution >= 4 is 40.4 Å². The molecule has 0 bridgehead atoms. The highest BCUT2D eigenvalue weighted by Gasteiger charge is 2.37. The highest BCUT2D eigenvalue weighted by molar-refractivity contribution is 6.10. The molecule has 0 aromatic carbocycles. The smallest absolute Gasteiger partial charge is 0.324 e. The van der Waals surface area contributed by atoms with Crippen LogP contribution in [0.4, 0.5) is 10.5 Å². The van der Waals surface area contributed by atoms with Crippen molar-refractivity contribution in [2.45, 2.75) is 25.4 Å². The Bertz CT molecular complexity index is 1120. The molecule has 2 aromatic heterocycles. The molecule has 4 heterocycles. The van der Waals surface area contributed by atoms with Crippen molar-refractivity contribution in [1.82, 2.24) is 19.8 Å². The van der Waals surface area contributed by atoms with E-state index in [2.05, 4.69) is 9.98 Å².